The average molecular weight is 415 g/mol. The number of nitrogens with zero attached hydrogens (tertiary/aromatic N) is 3. The highest BCUT2D eigenvalue weighted by Crippen LogP contribution is 2.33. The summed E-state index contributed by atoms with van der Waals surface area (Å²) in [5, 5.41) is 3.00. The lowest BCUT2D eigenvalue weighted by atomic mass is 9.98. The number of aromatic nitrogens is 4. The van der Waals surface area contributed by atoms with Crippen LogP contribution in [0.1, 0.15) is 34.7 Å². The molecule has 1 fully saturated rings. The first-order valence-corrected chi connectivity index (χ1v) is 10.1. The van der Waals surface area contributed by atoms with Gasteiger partial charge in [-0.1, -0.05) is 18.2 Å². The third-order valence-corrected chi connectivity index (χ3v) is 5.95. The van der Waals surface area contributed by atoms with Gasteiger partial charge in [0.05, 0.1) is 28.2 Å². The van der Waals surface area contributed by atoms with Crippen molar-refractivity contribution in [2.75, 3.05) is 4.90 Å². The van der Waals surface area contributed by atoms with Gasteiger partial charge in [-0.15, -0.1) is 0 Å². The van der Waals surface area contributed by atoms with Crippen molar-refractivity contribution in [1.29, 1.82) is 0 Å². The Morgan fingerprint density at radius 2 is 1.77 bits per heavy atom. The number of hydrogen-bond donors (Lipinski definition) is 2. The van der Waals surface area contributed by atoms with Crippen molar-refractivity contribution in [1.82, 2.24) is 19.7 Å². The molecule has 1 aliphatic rings. The minimum absolute atomic E-state index is 0.0418. The monoisotopic (exact) mass is 415 g/mol. The molecule has 0 spiro atoms. The first-order valence-electron chi connectivity index (χ1n) is 10.1. The van der Waals surface area contributed by atoms with Crippen LogP contribution < -0.4 is 10.5 Å². The molecule has 1 aliphatic heterocycles. The Kier molecular flexibility index (Phi) is 4.18. The van der Waals surface area contributed by atoms with Crippen LogP contribution in [0.3, 0.4) is 0 Å². The fraction of sp³-hybridized carbons (Fsp3) is 0.217. The highest BCUT2D eigenvalue weighted by atomic mass is 16.2. The average Bonchev–Trinajstić information content (AvgIpc) is 3.37. The number of anilines is 1. The summed E-state index contributed by atoms with van der Waals surface area (Å²) in [6.45, 7) is 5.63. The van der Waals surface area contributed by atoms with Crippen LogP contribution in [-0.4, -0.2) is 31.6 Å². The molecular formula is C23H21N5O3. The van der Waals surface area contributed by atoms with Crippen molar-refractivity contribution in [2.45, 2.75) is 33.1 Å². The predicted molar refractivity (Wildman–Crippen MR) is 117 cm³/mol. The van der Waals surface area contributed by atoms with Crippen molar-refractivity contribution in [3.05, 3.63) is 75.2 Å². The fourth-order valence-corrected chi connectivity index (χ4v) is 4.16. The Bertz CT molecular complexity index is 1390. The van der Waals surface area contributed by atoms with Crippen LogP contribution >= 0.6 is 0 Å². The van der Waals surface area contributed by atoms with Crippen molar-refractivity contribution in [3.63, 3.8) is 0 Å². The van der Waals surface area contributed by atoms with E-state index < -0.39 is 5.92 Å². The maximum atomic E-state index is 13.2. The van der Waals surface area contributed by atoms with Crippen LogP contribution in [0.4, 0.5) is 5.69 Å². The molecule has 2 N–H and O–H groups in total. The summed E-state index contributed by atoms with van der Waals surface area (Å²) >= 11 is 0. The fourth-order valence-electron chi connectivity index (χ4n) is 4.16. The lowest BCUT2D eigenvalue weighted by Crippen LogP contribution is -2.31. The summed E-state index contributed by atoms with van der Waals surface area (Å²) in [6.07, 6.45) is -0.0418. The zero-order valence-corrected chi connectivity index (χ0v) is 17.4. The second kappa shape index (κ2) is 6.80. The van der Waals surface area contributed by atoms with Crippen LogP contribution in [0.15, 0.2) is 47.3 Å². The van der Waals surface area contributed by atoms with Crippen molar-refractivity contribution in [2.24, 2.45) is 0 Å². The van der Waals surface area contributed by atoms with Crippen LogP contribution in [0, 0.1) is 20.8 Å². The SMILES string of the molecule is Cc1ccc(N2C(=O)C[C@H](c3c(C)[nH]n(-c4nc5ccccc5[nH]4)c3=O)C2=O)cc1C. The van der Waals surface area contributed by atoms with Crippen molar-refractivity contribution < 1.29 is 9.59 Å². The molecule has 2 amide bonds. The number of imide groups is 1. The first-order chi connectivity index (χ1) is 14.8. The van der Waals surface area contributed by atoms with Crippen molar-refractivity contribution >= 4 is 28.5 Å². The minimum Gasteiger partial charge on any atom is -0.322 e. The van der Waals surface area contributed by atoms with E-state index in [4.69, 9.17) is 0 Å². The molecule has 0 radical (unpaired) electrons. The zero-order chi connectivity index (χ0) is 21.9. The van der Waals surface area contributed by atoms with Crippen LogP contribution in [0.25, 0.3) is 17.0 Å². The van der Waals surface area contributed by atoms with Gasteiger partial charge < -0.3 is 4.98 Å². The van der Waals surface area contributed by atoms with E-state index in [1.165, 1.54) is 9.58 Å². The molecule has 8 heteroatoms. The first kappa shape index (κ1) is 19.0. The molecule has 1 saturated heterocycles. The number of aromatic amines is 2. The van der Waals surface area contributed by atoms with Crippen LogP contribution in [-0.2, 0) is 9.59 Å². The maximum absolute atomic E-state index is 13.2. The molecule has 2 aromatic heterocycles. The highest BCUT2D eigenvalue weighted by Gasteiger charge is 2.43. The number of amides is 2. The molecule has 0 bridgehead atoms. The number of fused-ring (bicyclic) bond motifs is 1. The molecule has 3 heterocycles. The number of carbonyl (C=O) groups is 2. The molecule has 0 unspecified atom stereocenters. The van der Waals surface area contributed by atoms with Gasteiger partial charge in [0.2, 0.25) is 17.8 Å². The summed E-state index contributed by atoms with van der Waals surface area (Å²) in [7, 11) is 0. The number of H-pyrrole nitrogens is 2. The van der Waals surface area contributed by atoms with E-state index in [-0.39, 0.29) is 23.8 Å². The molecule has 4 aromatic rings. The quantitative estimate of drug-likeness (QED) is 0.502. The van der Waals surface area contributed by atoms with E-state index in [9.17, 15) is 14.4 Å². The summed E-state index contributed by atoms with van der Waals surface area (Å²) < 4.78 is 1.29. The number of imidazole rings is 1. The Balaban J connectivity index is 1.55. The van der Waals surface area contributed by atoms with Gasteiger partial charge in [0, 0.05) is 12.1 Å². The molecule has 8 nitrogen and oxygen atoms in total. The van der Waals surface area contributed by atoms with Gasteiger partial charge >= 0.3 is 0 Å². The smallest absolute Gasteiger partial charge is 0.278 e. The molecule has 5 rings (SSSR count). The Morgan fingerprint density at radius 1 is 1.00 bits per heavy atom. The topological polar surface area (TPSA) is 104 Å². The lowest BCUT2D eigenvalue weighted by Gasteiger charge is -2.16. The number of benzene rings is 2. The normalized spacial score (nSPS) is 16.6. The van der Waals surface area contributed by atoms with Gasteiger partial charge in [0.1, 0.15) is 0 Å². The van der Waals surface area contributed by atoms with Crippen molar-refractivity contribution in [3.8, 4) is 5.95 Å². The van der Waals surface area contributed by atoms with E-state index in [1.54, 1.807) is 13.0 Å². The van der Waals surface area contributed by atoms with E-state index in [2.05, 4.69) is 15.1 Å². The second-order valence-electron chi connectivity index (χ2n) is 7.96. The number of hydrogen-bond acceptors (Lipinski definition) is 4. The molecule has 0 saturated carbocycles. The van der Waals surface area contributed by atoms with Gasteiger partial charge in [-0.05, 0) is 56.2 Å². The number of carbonyl (C=O) groups excluding carboxylic acids is 2. The van der Waals surface area contributed by atoms with E-state index in [1.807, 2.05) is 50.2 Å². The Morgan fingerprint density at radius 3 is 2.52 bits per heavy atom. The van der Waals surface area contributed by atoms with Gasteiger partial charge in [-0.2, -0.15) is 4.68 Å². The highest BCUT2D eigenvalue weighted by molar-refractivity contribution is 6.22. The summed E-state index contributed by atoms with van der Waals surface area (Å²) in [4.78, 5) is 48.0. The molecule has 156 valence electrons. The van der Waals surface area contributed by atoms with Gasteiger partial charge in [0.25, 0.3) is 5.56 Å². The number of aryl methyl sites for hydroxylation is 3. The third-order valence-electron chi connectivity index (χ3n) is 5.95. The molecular weight excluding hydrogens is 394 g/mol. The molecule has 1 atom stereocenters. The van der Waals surface area contributed by atoms with Gasteiger partial charge in [-0.25, -0.2) is 9.88 Å². The Labute approximate surface area is 177 Å². The largest absolute Gasteiger partial charge is 0.322 e. The van der Waals surface area contributed by atoms with E-state index in [0.717, 1.165) is 22.2 Å². The molecule has 31 heavy (non-hydrogen) atoms. The third kappa shape index (κ3) is 2.91. The number of nitrogens with one attached hydrogen (secondary N) is 2. The van der Waals surface area contributed by atoms with E-state index >= 15 is 0 Å². The standard InChI is InChI=1S/C23H21N5O3/c1-12-8-9-15(10-13(12)2)27-19(29)11-16(21(27)30)20-14(3)26-28(22(20)31)23-24-17-6-4-5-7-18(17)25-23/h4-10,16,26H,11H2,1-3H3,(H,24,25)/t16-/m1/s1. The van der Waals surface area contributed by atoms with Crippen LogP contribution in [0.5, 0.6) is 0 Å². The molecule has 0 aliphatic carbocycles. The summed E-state index contributed by atoms with van der Waals surface area (Å²) in [5.74, 6) is -1.19. The van der Waals surface area contributed by atoms with Crippen LogP contribution in [0.2, 0.25) is 0 Å². The molecule has 2 aromatic carbocycles. The lowest BCUT2D eigenvalue weighted by molar-refractivity contribution is -0.121. The Hall–Kier alpha value is -3.94. The van der Waals surface area contributed by atoms with Gasteiger partial charge in [-0.3, -0.25) is 19.5 Å². The summed E-state index contributed by atoms with van der Waals surface area (Å²) in [6, 6.07) is 12.9. The zero-order valence-electron chi connectivity index (χ0n) is 17.4. The second-order valence-corrected chi connectivity index (χ2v) is 7.96. The summed E-state index contributed by atoms with van der Waals surface area (Å²) in [5.41, 5.74) is 4.58. The maximum Gasteiger partial charge on any atom is 0.278 e. The number of para-hydroxylation sites is 2. The predicted octanol–water partition coefficient (Wildman–Crippen LogP) is 3.01. The van der Waals surface area contributed by atoms with Gasteiger partial charge in [0.15, 0.2) is 0 Å². The number of rotatable bonds is 3. The van der Waals surface area contributed by atoms with E-state index in [0.29, 0.717) is 22.9 Å². The minimum atomic E-state index is -0.830.